The second-order valence-corrected chi connectivity index (χ2v) is 9.27. The first-order chi connectivity index (χ1) is 12.1. The number of nitrogens with two attached hydrogens (primary N) is 1. The van der Waals surface area contributed by atoms with Crippen molar-refractivity contribution < 1.29 is 18.0 Å². The van der Waals surface area contributed by atoms with Crippen LogP contribution in [0.15, 0.2) is 29.2 Å². The summed E-state index contributed by atoms with van der Waals surface area (Å²) in [5.41, 5.74) is 5.63. The smallest absolute Gasteiger partial charge is 0.243 e. The molecule has 0 unspecified atom stereocenters. The Labute approximate surface area is 155 Å². The summed E-state index contributed by atoms with van der Waals surface area (Å²) in [4.78, 5) is 23.8. The maximum absolute atomic E-state index is 12.7. The number of rotatable bonds is 6. The number of ketones is 1. The number of benzene rings is 1. The molecule has 8 heteroatoms. The molecule has 2 rings (SSSR count). The summed E-state index contributed by atoms with van der Waals surface area (Å²) in [5, 5.41) is 2.91. The van der Waals surface area contributed by atoms with Crippen LogP contribution in [0.1, 0.15) is 44.0 Å². The molecule has 0 aromatic heterocycles. The third-order valence-corrected chi connectivity index (χ3v) is 6.61. The molecular formula is C18H27N3O4S. The molecule has 1 amide bonds. The molecule has 1 aliphatic rings. The Hall–Kier alpha value is -1.77. The highest BCUT2D eigenvalue weighted by Gasteiger charge is 2.33. The van der Waals surface area contributed by atoms with Gasteiger partial charge in [-0.3, -0.25) is 9.59 Å². The van der Waals surface area contributed by atoms with E-state index in [2.05, 4.69) is 5.32 Å². The van der Waals surface area contributed by atoms with Gasteiger partial charge in [-0.2, -0.15) is 4.31 Å². The summed E-state index contributed by atoms with van der Waals surface area (Å²) in [5.74, 6) is -0.406. The van der Waals surface area contributed by atoms with E-state index < -0.39 is 15.6 Å². The van der Waals surface area contributed by atoms with Crippen molar-refractivity contribution in [2.24, 2.45) is 11.7 Å². The van der Waals surface area contributed by atoms with E-state index in [0.717, 1.165) is 0 Å². The van der Waals surface area contributed by atoms with E-state index in [9.17, 15) is 18.0 Å². The van der Waals surface area contributed by atoms with Gasteiger partial charge in [0.1, 0.15) is 0 Å². The van der Waals surface area contributed by atoms with Crippen molar-refractivity contribution >= 4 is 21.7 Å². The topological polar surface area (TPSA) is 110 Å². The standard InChI is InChI=1S/C18H27N3O4S/c1-13(22)14-4-6-16(7-5-14)26(24,25)21-10-8-15(9-11-21)17(23)20-18(2,3)12-19/h4-7,15H,8-12,19H2,1-3H3,(H,20,23). The third-order valence-electron chi connectivity index (χ3n) is 4.70. The van der Waals surface area contributed by atoms with Gasteiger partial charge in [-0.05, 0) is 45.7 Å². The molecule has 1 saturated heterocycles. The van der Waals surface area contributed by atoms with Gasteiger partial charge in [0.05, 0.1) is 4.90 Å². The zero-order valence-corrected chi connectivity index (χ0v) is 16.3. The van der Waals surface area contributed by atoms with Gasteiger partial charge in [0.25, 0.3) is 0 Å². The van der Waals surface area contributed by atoms with Gasteiger partial charge in [-0.25, -0.2) is 8.42 Å². The van der Waals surface area contributed by atoms with Crippen molar-refractivity contribution in [2.75, 3.05) is 19.6 Å². The number of Topliss-reactive ketones (excluding diaryl/α,β-unsaturated/α-hetero) is 1. The van der Waals surface area contributed by atoms with Crippen LogP contribution >= 0.6 is 0 Å². The van der Waals surface area contributed by atoms with E-state index in [0.29, 0.717) is 24.9 Å². The summed E-state index contributed by atoms with van der Waals surface area (Å²) in [7, 11) is -3.62. The van der Waals surface area contributed by atoms with Crippen molar-refractivity contribution in [3.05, 3.63) is 29.8 Å². The average molecular weight is 381 g/mol. The van der Waals surface area contributed by atoms with Crippen LogP contribution in [0.5, 0.6) is 0 Å². The van der Waals surface area contributed by atoms with Gasteiger partial charge >= 0.3 is 0 Å². The molecule has 1 fully saturated rings. The number of sulfonamides is 1. The van der Waals surface area contributed by atoms with Crippen molar-refractivity contribution in [2.45, 2.75) is 44.0 Å². The Morgan fingerprint density at radius 3 is 2.19 bits per heavy atom. The lowest BCUT2D eigenvalue weighted by Gasteiger charge is -2.33. The van der Waals surface area contributed by atoms with Crippen LogP contribution in [-0.4, -0.2) is 49.6 Å². The molecule has 1 aromatic rings. The van der Waals surface area contributed by atoms with Gasteiger partial charge in [-0.15, -0.1) is 0 Å². The molecule has 0 spiro atoms. The van der Waals surface area contributed by atoms with Crippen LogP contribution in [0.3, 0.4) is 0 Å². The molecule has 1 heterocycles. The van der Waals surface area contributed by atoms with E-state index in [1.165, 1.54) is 35.5 Å². The Kier molecular flexibility index (Phi) is 6.21. The lowest BCUT2D eigenvalue weighted by molar-refractivity contribution is -0.127. The minimum absolute atomic E-state index is 0.0803. The zero-order valence-electron chi connectivity index (χ0n) is 15.5. The van der Waals surface area contributed by atoms with Crippen LogP contribution < -0.4 is 11.1 Å². The molecule has 26 heavy (non-hydrogen) atoms. The highest BCUT2D eigenvalue weighted by Crippen LogP contribution is 2.24. The van der Waals surface area contributed by atoms with Gasteiger partial charge in [0.2, 0.25) is 15.9 Å². The minimum atomic E-state index is -3.62. The summed E-state index contributed by atoms with van der Waals surface area (Å²) < 4.78 is 26.9. The summed E-state index contributed by atoms with van der Waals surface area (Å²) in [6.07, 6.45) is 0.939. The summed E-state index contributed by atoms with van der Waals surface area (Å²) in [6, 6.07) is 5.94. The molecule has 0 bridgehead atoms. The number of piperidine rings is 1. The Morgan fingerprint density at radius 2 is 1.73 bits per heavy atom. The maximum Gasteiger partial charge on any atom is 0.243 e. The second kappa shape index (κ2) is 7.85. The largest absolute Gasteiger partial charge is 0.350 e. The first-order valence-corrected chi connectivity index (χ1v) is 10.1. The molecule has 1 aliphatic heterocycles. The zero-order chi connectivity index (χ0) is 19.5. The molecule has 0 atom stereocenters. The average Bonchev–Trinajstić information content (AvgIpc) is 2.61. The predicted octanol–water partition coefficient (Wildman–Crippen LogP) is 1.14. The van der Waals surface area contributed by atoms with E-state index in [1.807, 2.05) is 13.8 Å². The van der Waals surface area contributed by atoms with Gasteiger partial charge in [-0.1, -0.05) is 12.1 Å². The number of carbonyl (C=O) groups excluding carboxylic acids is 2. The first-order valence-electron chi connectivity index (χ1n) is 8.70. The molecule has 1 aromatic carbocycles. The van der Waals surface area contributed by atoms with Gasteiger partial charge in [0.15, 0.2) is 5.78 Å². The lowest BCUT2D eigenvalue weighted by atomic mass is 9.95. The molecule has 0 saturated carbocycles. The van der Waals surface area contributed by atoms with Crippen LogP contribution in [0.4, 0.5) is 0 Å². The van der Waals surface area contributed by atoms with Crippen molar-refractivity contribution in [3.63, 3.8) is 0 Å². The van der Waals surface area contributed by atoms with Gasteiger partial charge in [0, 0.05) is 36.7 Å². The van der Waals surface area contributed by atoms with Crippen LogP contribution in [-0.2, 0) is 14.8 Å². The maximum atomic E-state index is 12.7. The number of hydrogen-bond donors (Lipinski definition) is 2. The fourth-order valence-corrected chi connectivity index (χ4v) is 4.33. The van der Waals surface area contributed by atoms with Crippen molar-refractivity contribution in [3.8, 4) is 0 Å². The number of hydrogen-bond acceptors (Lipinski definition) is 5. The van der Waals surface area contributed by atoms with Crippen molar-refractivity contribution in [1.82, 2.24) is 9.62 Å². The summed E-state index contributed by atoms with van der Waals surface area (Å²) in [6.45, 7) is 6.06. The highest BCUT2D eigenvalue weighted by molar-refractivity contribution is 7.89. The molecule has 0 aliphatic carbocycles. The summed E-state index contributed by atoms with van der Waals surface area (Å²) >= 11 is 0. The highest BCUT2D eigenvalue weighted by atomic mass is 32.2. The first kappa shape index (κ1) is 20.5. The van der Waals surface area contributed by atoms with E-state index in [4.69, 9.17) is 5.73 Å². The number of nitrogens with one attached hydrogen (secondary N) is 1. The lowest BCUT2D eigenvalue weighted by Crippen LogP contribution is -2.52. The molecule has 0 radical (unpaired) electrons. The monoisotopic (exact) mass is 381 g/mol. The number of amides is 1. The van der Waals surface area contributed by atoms with Crippen LogP contribution in [0.25, 0.3) is 0 Å². The third kappa shape index (κ3) is 4.69. The number of nitrogens with zero attached hydrogens (tertiary/aromatic N) is 1. The Bertz CT molecular complexity index is 764. The fourth-order valence-electron chi connectivity index (χ4n) is 2.86. The Morgan fingerprint density at radius 1 is 1.19 bits per heavy atom. The van der Waals surface area contributed by atoms with Crippen LogP contribution in [0, 0.1) is 5.92 Å². The number of carbonyl (C=O) groups is 2. The normalized spacial score (nSPS) is 17.1. The Balaban J connectivity index is 2.02. The minimum Gasteiger partial charge on any atom is -0.350 e. The molecule has 7 nitrogen and oxygen atoms in total. The fraction of sp³-hybridized carbons (Fsp3) is 0.556. The SMILES string of the molecule is CC(=O)c1ccc(S(=O)(=O)N2CCC(C(=O)NC(C)(C)CN)CC2)cc1. The van der Waals surface area contributed by atoms with E-state index in [1.54, 1.807) is 0 Å². The molecular weight excluding hydrogens is 354 g/mol. The van der Waals surface area contributed by atoms with E-state index in [-0.39, 0.29) is 35.6 Å². The van der Waals surface area contributed by atoms with Gasteiger partial charge < -0.3 is 11.1 Å². The van der Waals surface area contributed by atoms with Crippen LogP contribution in [0.2, 0.25) is 0 Å². The molecule has 144 valence electrons. The van der Waals surface area contributed by atoms with E-state index >= 15 is 0 Å². The second-order valence-electron chi connectivity index (χ2n) is 7.34. The molecule has 3 N–H and O–H groups in total. The van der Waals surface area contributed by atoms with Crippen molar-refractivity contribution in [1.29, 1.82) is 0 Å². The quantitative estimate of drug-likeness (QED) is 0.718. The predicted molar refractivity (Wildman–Crippen MR) is 99.2 cm³/mol.